The number of hydrogen-bond donors (Lipinski definition) is 2. The summed E-state index contributed by atoms with van der Waals surface area (Å²) in [4.78, 5) is 16.5. The number of pyridine rings is 1. The molecule has 4 nitrogen and oxygen atoms in total. The molecular formula is C17H14N2O2. The monoisotopic (exact) mass is 278 g/mol. The molecule has 1 amide bonds. The molecule has 1 heterocycles. The Bertz CT molecular complexity index is 799. The second kappa shape index (κ2) is 5.73. The predicted octanol–water partition coefficient (Wildman–Crippen LogP) is 2.98. The Morgan fingerprint density at radius 3 is 2.86 bits per heavy atom. The van der Waals surface area contributed by atoms with E-state index >= 15 is 0 Å². The summed E-state index contributed by atoms with van der Waals surface area (Å²) in [6.07, 6.45) is 1.72. The molecule has 104 valence electrons. The third-order valence-electron chi connectivity index (χ3n) is 3.23. The molecule has 3 aromatic rings. The highest BCUT2D eigenvalue weighted by Gasteiger charge is 2.07. The molecule has 0 aliphatic rings. The van der Waals surface area contributed by atoms with Crippen molar-refractivity contribution in [2.45, 2.75) is 6.61 Å². The first-order valence-electron chi connectivity index (χ1n) is 6.62. The summed E-state index contributed by atoms with van der Waals surface area (Å²) in [6.45, 7) is -0.0502. The number of amides is 1. The number of fused-ring (bicyclic) bond motifs is 1. The summed E-state index contributed by atoms with van der Waals surface area (Å²) >= 11 is 0. The van der Waals surface area contributed by atoms with E-state index in [4.69, 9.17) is 5.11 Å². The molecule has 21 heavy (non-hydrogen) atoms. The van der Waals surface area contributed by atoms with Gasteiger partial charge in [-0.1, -0.05) is 18.2 Å². The van der Waals surface area contributed by atoms with Crippen LogP contribution in [-0.2, 0) is 6.61 Å². The van der Waals surface area contributed by atoms with Gasteiger partial charge in [0.15, 0.2) is 0 Å². The molecule has 2 aromatic carbocycles. The number of aliphatic hydroxyl groups is 1. The number of carbonyl (C=O) groups is 1. The van der Waals surface area contributed by atoms with Crippen molar-refractivity contribution in [1.29, 1.82) is 0 Å². The maximum absolute atomic E-state index is 12.3. The minimum Gasteiger partial charge on any atom is -0.392 e. The van der Waals surface area contributed by atoms with Crippen LogP contribution in [-0.4, -0.2) is 16.0 Å². The fourth-order valence-electron chi connectivity index (χ4n) is 2.17. The van der Waals surface area contributed by atoms with Gasteiger partial charge in [0.25, 0.3) is 5.91 Å². The number of aliphatic hydroxyl groups excluding tert-OH is 1. The first kappa shape index (κ1) is 13.3. The van der Waals surface area contributed by atoms with Crippen LogP contribution >= 0.6 is 0 Å². The van der Waals surface area contributed by atoms with Crippen LogP contribution in [0.2, 0.25) is 0 Å². The summed E-state index contributed by atoms with van der Waals surface area (Å²) in [6, 6.07) is 16.3. The van der Waals surface area contributed by atoms with Gasteiger partial charge in [0.2, 0.25) is 0 Å². The van der Waals surface area contributed by atoms with Crippen LogP contribution in [0, 0.1) is 0 Å². The number of nitrogens with zero attached hydrogens (tertiary/aromatic N) is 1. The number of hydrogen-bond acceptors (Lipinski definition) is 3. The van der Waals surface area contributed by atoms with Gasteiger partial charge in [-0.25, -0.2) is 0 Å². The van der Waals surface area contributed by atoms with Crippen molar-refractivity contribution in [3.63, 3.8) is 0 Å². The van der Waals surface area contributed by atoms with Gasteiger partial charge in [0.05, 0.1) is 12.1 Å². The highest BCUT2D eigenvalue weighted by molar-refractivity contribution is 6.06. The molecule has 0 unspecified atom stereocenters. The normalized spacial score (nSPS) is 10.5. The third-order valence-corrected chi connectivity index (χ3v) is 3.23. The van der Waals surface area contributed by atoms with Crippen molar-refractivity contribution in [2.75, 3.05) is 5.32 Å². The largest absolute Gasteiger partial charge is 0.392 e. The third kappa shape index (κ3) is 2.90. The first-order valence-corrected chi connectivity index (χ1v) is 6.62. The Labute approximate surface area is 122 Å². The smallest absolute Gasteiger partial charge is 0.255 e. The molecule has 4 heteroatoms. The Morgan fingerprint density at radius 2 is 2.00 bits per heavy atom. The molecule has 0 radical (unpaired) electrons. The lowest BCUT2D eigenvalue weighted by atomic mass is 10.1. The lowest BCUT2D eigenvalue weighted by molar-refractivity contribution is 0.102. The fourth-order valence-corrected chi connectivity index (χ4v) is 2.17. The molecule has 0 bridgehead atoms. The number of benzene rings is 2. The lowest BCUT2D eigenvalue weighted by Crippen LogP contribution is -2.12. The summed E-state index contributed by atoms with van der Waals surface area (Å²) in [7, 11) is 0. The van der Waals surface area contributed by atoms with Crippen LogP contribution in [0.5, 0.6) is 0 Å². The first-order chi connectivity index (χ1) is 10.3. The zero-order chi connectivity index (χ0) is 14.7. The summed E-state index contributed by atoms with van der Waals surface area (Å²) in [5.74, 6) is -0.184. The second-order valence-electron chi connectivity index (χ2n) is 4.72. The van der Waals surface area contributed by atoms with Crippen LogP contribution in [0.3, 0.4) is 0 Å². The molecule has 0 spiro atoms. The molecule has 1 aromatic heterocycles. The highest BCUT2D eigenvalue weighted by Crippen LogP contribution is 2.16. The van der Waals surface area contributed by atoms with Crippen molar-refractivity contribution in [1.82, 2.24) is 4.98 Å². The number of carbonyl (C=O) groups excluding carboxylic acids is 1. The van der Waals surface area contributed by atoms with Crippen LogP contribution < -0.4 is 5.32 Å². The van der Waals surface area contributed by atoms with Crippen molar-refractivity contribution in [2.24, 2.45) is 0 Å². The van der Waals surface area contributed by atoms with E-state index in [2.05, 4.69) is 10.3 Å². The molecule has 0 aliphatic carbocycles. The number of anilines is 1. The number of nitrogens with one attached hydrogen (secondary N) is 1. The quantitative estimate of drug-likeness (QED) is 0.774. The zero-order valence-electron chi connectivity index (χ0n) is 11.3. The van der Waals surface area contributed by atoms with E-state index in [1.807, 2.05) is 24.3 Å². The van der Waals surface area contributed by atoms with E-state index in [1.54, 1.807) is 36.5 Å². The van der Waals surface area contributed by atoms with Crippen molar-refractivity contribution >= 4 is 22.5 Å². The van der Waals surface area contributed by atoms with E-state index in [9.17, 15) is 4.79 Å². The molecule has 3 rings (SSSR count). The maximum Gasteiger partial charge on any atom is 0.255 e. The van der Waals surface area contributed by atoms with Crippen LogP contribution in [0.15, 0.2) is 60.8 Å². The van der Waals surface area contributed by atoms with Crippen molar-refractivity contribution in [3.05, 3.63) is 71.9 Å². The average molecular weight is 278 g/mol. The van der Waals surface area contributed by atoms with Gasteiger partial charge in [0.1, 0.15) is 0 Å². The van der Waals surface area contributed by atoms with Crippen molar-refractivity contribution in [3.8, 4) is 0 Å². The van der Waals surface area contributed by atoms with Gasteiger partial charge in [-0.3, -0.25) is 9.78 Å². The molecular weight excluding hydrogens is 264 g/mol. The summed E-state index contributed by atoms with van der Waals surface area (Å²) in [5.41, 5.74) is 2.86. The lowest BCUT2D eigenvalue weighted by Gasteiger charge is -2.07. The molecule has 0 atom stereocenters. The Morgan fingerprint density at radius 1 is 1.10 bits per heavy atom. The topological polar surface area (TPSA) is 62.2 Å². The minimum absolute atomic E-state index is 0.0502. The van der Waals surface area contributed by atoms with E-state index in [1.165, 1.54) is 0 Å². The molecule has 0 aliphatic heterocycles. The van der Waals surface area contributed by atoms with E-state index in [-0.39, 0.29) is 12.5 Å². The van der Waals surface area contributed by atoms with E-state index in [0.29, 0.717) is 11.3 Å². The van der Waals surface area contributed by atoms with Gasteiger partial charge >= 0.3 is 0 Å². The van der Waals surface area contributed by atoms with Crippen LogP contribution in [0.25, 0.3) is 10.9 Å². The number of aromatic nitrogens is 1. The van der Waals surface area contributed by atoms with Crippen LogP contribution in [0.1, 0.15) is 15.9 Å². The molecule has 0 fully saturated rings. The Kier molecular flexibility index (Phi) is 3.62. The van der Waals surface area contributed by atoms with Gasteiger partial charge in [-0.2, -0.15) is 0 Å². The fraction of sp³-hybridized carbons (Fsp3) is 0.0588. The van der Waals surface area contributed by atoms with Crippen molar-refractivity contribution < 1.29 is 9.90 Å². The predicted molar refractivity (Wildman–Crippen MR) is 82.1 cm³/mol. The van der Waals surface area contributed by atoms with Gasteiger partial charge in [-0.15, -0.1) is 0 Å². The Balaban J connectivity index is 1.86. The highest BCUT2D eigenvalue weighted by atomic mass is 16.3. The van der Waals surface area contributed by atoms with Gasteiger partial charge in [0, 0.05) is 22.8 Å². The summed E-state index contributed by atoms with van der Waals surface area (Å²) in [5, 5.41) is 12.9. The van der Waals surface area contributed by atoms with Gasteiger partial charge in [-0.05, 0) is 42.0 Å². The maximum atomic E-state index is 12.3. The molecule has 0 saturated heterocycles. The van der Waals surface area contributed by atoms with E-state index < -0.39 is 0 Å². The minimum atomic E-state index is -0.184. The molecule has 0 saturated carbocycles. The molecule has 2 N–H and O–H groups in total. The van der Waals surface area contributed by atoms with Gasteiger partial charge < -0.3 is 10.4 Å². The SMILES string of the molecule is O=C(Nc1cccc(CO)c1)c1ccc2ncccc2c1. The second-order valence-corrected chi connectivity index (χ2v) is 4.72. The van der Waals surface area contributed by atoms with Crippen LogP contribution in [0.4, 0.5) is 5.69 Å². The zero-order valence-corrected chi connectivity index (χ0v) is 11.3. The Hall–Kier alpha value is -2.72. The average Bonchev–Trinajstić information content (AvgIpc) is 2.54. The number of rotatable bonds is 3. The standard InChI is InChI=1S/C17H14N2O2/c20-11-12-3-1-5-15(9-12)19-17(21)14-6-7-16-13(10-14)4-2-8-18-16/h1-10,20H,11H2,(H,19,21). The summed E-state index contributed by atoms with van der Waals surface area (Å²) < 4.78 is 0. The van der Waals surface area contributed by atoms with E-state index in [0.717, 1.165) is 16.5 Å².